The molecule has 0 amide bonds. The molecule has 0 atom stereocenters. The van der Waals surface area contributed by atoms with E-state index in [1.54, 1.807) is 0 Å². The Balaban J connectivity index is 4.14. The third kappa shape index (κ3) is 5.25. The van der Waals surface area contributed by atoms with Gasteiger partial charge in [0.25, 0.3) is 0 Å². The number of hydrogen-bond donors (Lipinski definition) is 1. The molecule has 0 rings (SSSR count). The predicted octanol–water partition coefficient (Wildman–Crippen LogP) is 3.78. The molecule has 0 nitrogen and oxygen atoms in total. The van der Waals surface area contributed by atoms with Crippen molar-refractivity contribution in [2.45, 2.75) is 27.2 Å². The quantitative estimate of drug-likeness (QED) is 0.496. The molecule has 0 aliphatic heterocycles. The number of rotatable bonds is 4. The van der Waals surface area contributed by atoms with E-state index in [2.05, 4.69) is 50.8 Å². The lowest BCUT2D eigenvalue weighted by atomic mass is 10.2. The van der Waals surface area contributed by atoms with Crippen LogP contribution in [0.4, 0.5) is 0 Å². The van der Waals surface area contributed by atoms with Crippen molar-refractivity contribution in [1.82, 2.24) is 0 Å². The maximum Gasteiger partial charge on any atom is 0.0151 e. The molecule has 0 bridgehead atoms. The second kappa shape index (κ2) is 7.23. The van der Waals surface area contributed by atoms with Gasteiger partial charge in [-0.1, -0.05) is 36.8 Å². The highest BCUT2D eigenvalue weighted by atomic mass is 32.1. The Bertz CT molecular complexity index is 197. The van der Waals surface area contributed by atoms with E-state index in [4.69, 9.17) is 0 Å². The smallest absolute Gasteiger partial charge is 0.0151 e. The van der Waals surface area contributed by atoms with Crippen molar-refractivity contribution >= 4 is 12.6 Å². The molecule has 0 aliphatic rings. The first kappa shape index (κ1) is 11.6. The molecular formula is C11H18S. The van der Waals surface area contributed by atoms with Gasteiger partial charge in [-0.2, -0.15) is 12.6 Å². The lowest BCUT2D eigenvalue weighted by Gasteiger charge is -1.94. The van der Waals surface area contributed by atoms with Crippen LogP contribution in [0.15, 0.2) is 35.5 Å². The standard InChI is InChI=1S/C11H18S/c1-4-6-10(3)7-8-11(5-2)9-12/h5-8,12H,4,9H2,1-3H3/b8-7-,10-6+,11-5+. The minimum absolute atomic E-state index is 0.812. The molecule has 0 radical (unpaired) electrons. The van der Waals surface area contributed by atoms with Crippen LogP contribution in [0.5, 0.6) is 0 Å². The second-order valence-corrected chi connectivity index (χ2v) is 3.03. The summed E-state index contributed by atoms with van der Waals surface area (Å²) in [5, 5.41) is 0. The molecule has 12 heavy (non-hydrogen) atoms. The summed E-state index contributed by atoms with van der Waals surface area (Å²) >= 11 is 4.21. The van der Waals surface area contributed by atoms with Crippen LogP contribution in [0, 0.1) is 0 Å². The van der Waals surface area contributed by atoms with Gasteiger partial charge in [-0.05, 0) is 25.8 Å². The van der Waals surface area contributed by atoms with Crippen molar-refractivity contribution < 1.29 is 0 Å². The van der Waals surface area contributed by atoms with Gasteiger partial charge in [0.2, 0.25) is 0 Å². The predicted molar refractivity (Wildman–Crippen MR) is 60.8 cm³/mol. The highest BCUT2D eigenvalue weighted by Gasteiger charge is 1.85. The highest BCUT2D eigenvalue weighted by molar-refractivity contribution is 7.80. The van der Waals surface area contributed by atoms with E-state index in [1.807, 2.05) is 6.92 Å². The van der Waals surface area contributed by atoms with Crippen LogP contribution in [0.3, 0.4) is 0 Å². The number of allylic oxidation sites excluding steroid dienone is 5. The molecule has 0 aliphatic carbocycles. The van der Waals surface area contributed by atoms with Crippen molar-refractivity contribution in [3.63, 3.8) is 0 Å². The molecule has 0 saturated heterocycles. The van der Waals surface area contributed by atoms with E-state index in [-0.39, 0.29) is 0 Å². The zero-order valence-electron chi connectivity index (χ0n) is 8.17. The number of hydrogen-bond acceptors (Lipinski definition) is 1. The van der Waals surface area contributed by atoms with Gasteiger partial charge in [0.05, 0.1) is 0 Å². The minimum Gasteiger partial charge on any atom is -0.175 e. The molecule has 0 saturated carbocycles. The third-order valence-corrected chi connectivity index (χ3v) is 2.00. The molecule has 0 unspecified atom stereocenters. The summed E-state index contributed by atoms with van der Waals surface area (Å²) in [7, 11) is 0. The molecular weight excluding hydrogens is 164 g/mol. The van der Waals surface area contributed by atoms with Crippen LogP contribution in [0.1, 0.15) is 27.2 Å². The SMILES string of the molecule is C\C=C(/C=C\C(C)=C\CC)CS. The molecule has 0 aromatic carbocycles. The van der Waals surface area contributed by atoms with Gasteiger partial charge in [0, 0.05) is 5.75 Å². The van der Waals surface area contributed by atoms with Gasteiger partial charge in [0.15, 0.2) is 0 Å². The first-order valence-corrected chi connectivity index (χ1v) is 4.98. The fourth-order valence-electron chi connectivity index (χ4n) is 0.869. The van der Waals surface area contributed by atoms with Crippen LogP contribution >= 0.6 is 12.6 Å². The maximum atomic E-state index is 4.21. The van der Waals surface area contributed by atoms with E-state index in [0.717, 1.165) is 12.2 Å². The van der Waals surface area contributed by atoms with E-state index < -0.39 is 0 Å². The molecule has 0 spiro atoms. The summed E-state index contributed by atoms with van der Waals surface area (Å²) < 4.78 is 0. The second-order valence-electron chi connectivity index (χ2n) is 2.71. The van der Waals surface area contributed by atoms with Gasteiger partial charge in [-0.3, -0.25) is 0 Å². The summed E-state index contributed by atoms with van der Waals surface area (Å²) in [5.74, 6) is 0.812. The Kier molecular flexibility index (Phi) is 6.97. The van der Waals surface area contributed by atoms with E-state index >= 15 is 0 Å². The van der Waals surface area contributed by atoms with Gasteiger partial charge in [0.1, 0.15) is 0 Å². The average molecular weight is 182 g/mol. The van der Waals surface area contributed by atoms with Crippen molar-refractivity contribution in [2.75, 3.05) is 5.75 Å². The number of thiol groups is 1. The summed E-state index contributed by atoms with van der Waals surface area (Å²) in [6.07, 6.45) is 9.65. The van der Waals surface area contributed by atoms with Gasteiger partial charge in [-0.15, -0.1) is 0 Å². The van der Waals surface area contributed by atoms with Crippen molar-refractivity contribution in [3.05, 3.63) is 35.5 Å². The molecule has 0 N–H and O–H groups in total. The monoisotopic (exact) mass is 182 g/mol. The van der Waals surface area contributed by atoms with Crippen molar-refractivity contribution in [2.24, 2.45) is 0 Å². The van der Waals surface area contributed by atoms with Gasteiger partial charge < -0.3 is 0 Å². The Morgan fingerprint density at radius 3 is 2.42 bits per heavy atom. The van der Waals surface area contributed by atoms with Crippen LogP contribution < -0.4 is 0 Å². The fraction of sp³-hybridized carbons (Fsp3) is 0.455. The molecule has 68 valence electrons. The van der Waals surface area contributed by atoms with Gasteiger partial charge >= 0.3 is 0 Å². The van der Waals surface area contributed by atoms with Crippen LogP contribution in [-0.4, -0.2) is 5.75 Å². The van der Waals surface area contributed by atoms with E-state index in [9.17, 15) is 0 Å². The third-order valence-electron chi connectivity index (χ3n) is 1.64. The zero-order chi connectivity index (χ0) is 9.40. The largest absolute Gasteiger partial charge is 0.175 e. The summed E-state index contributed by atoms with van der Waals surface area (Å²) in [5.41, 5.74) is 2.58. The van der Waals surface area contributed by atoms with Crippen LogP contribution in [0.25, 0.3) is 0 Å². The van der Waals surface area contributed by atoms with Crippen molar-refractivity contribution in [3.8, 4) is 0 Å². The normalized spacial score (nSPS) is 14.3. The van der Waals surface area contributed by atoms with Crippen LogP contribution in [0.2, 0.25) is 0 Å². The Labute approximate surface area is 81.5 Å². The van der Waals surface area contributed by atoms with E-state index in [1.165, 1.54) is 11.1 Å². The van der Waals surface area contributed by atoms with E-state index in [0.29, 0.717) is 0 Å². The van der Waals surface area contributed by atoms with Crippen LogP contribution in [-0.2, 0) is 0 Å². The molecule has 0 fully saturated rings. The highest BCUT2D eigenvalue weighted by Crippen LogP contribution is 2.03. The molecule has 0 heterocycles. The topological polar surface area (TPSA) is 0 Å². The summed E-state index contributed by atoms with van der Waals surface area (Å²) in [6.45, 7) is 6.30. The minimum atomic E-state index is 0.812. The lowest BCUT2D eigenvalue weighted by molar-refractivity contribution is 1.20. The van der Waals surface area contributed by atoms with Crippen molar-refractivity contribution in [1.29, 1.82) is 0 Å². The Hall–Kier alpha value is -0.430. The zero-order valence-corrected chi connectivity index (χ0v) is 9.07. The molecule has 0 aromatic heterocycles. The Morgan fingerprint density at radius 2 is 2.00 bits per heavy atom. The maximum absolute atomic E-state index is 4.21. The van der Waals surface area contributed by atoms with Gasteiger partial charge in [-0.25, -0.2) is 0 Å². The fourth-order valence-corrected chi connectivity index (χ4v) is 1.16. The summed E-state index contributed by atoms with van der Waals surface area (Å²) in [6, 6.07) is 0. The molecule has 1 heteroatoms. The lowest BCUT2D eigenvalue weighted by Crippen LogP contribution is -1.78. The molecule has 0 aromatic rings. The summed E-state index contributed by atoms with van der Waals surface area (Å²) in [4.78, 5) is 0. The first-order valence-electron chi connectivity index (χ1n) is 4.35. The Morgan fingerprint density at radius 1 is 1.33 bits per heavy atom. The first-order chi connectivity index (χ1) is 5.74. The average Bonchev–Trinajstić information content (AvgIpc) is 2.07.